The molecule has 90 valence electrons. The maximum Gasteiger partial charge on any atom is 0.417 e. The first-order valence-corrected chi connectivity index (χ1v) is 4.36. The highest BCUT2D eigenvalue weighted by Crippen LogP contribution is 2.40. The maximum atomic E-state index is 12.3. The molecule has 0 spiro atoms. The summed E-state index contributed by atoms with van der Waals surface area (Å²) in [7, 11) is 0. The standard InChI is InChI=1S/C9H5ClF6/c1-4-2-5(8(11,12)13)3-6(7(4)10)9(14,15)16/h2-3H,1H3. The molecule has 0 saturated heterocycles. The smallest absolute Gasteiger partial charge is 0.166 e. The molecule has 0 aromatic heterocycles. The van der Waals surface area contributed by atoms with Crippen LogP contribution < -0.4 is 0 Å². The van der Waals surface area contributed by atoms with Crippen molar-refractivity contribution in [2.75, 3.05) is 0 Å². The van der Waals surface area contributed by atoms with Crippen molar-refractivity contribution in [3.05, 3.63) is 33.8 Å². The molecular formula is C9H5ClF6. The lowest BCUT2D eigenvalue weighted by Crippen LogP contribution is -2.12. The zero-order valence-corrected chi connectivity index (χ0v) is 8.56. The summed E-state index contributed by atoms with van der Waals surface area (Å²) in [5.74, 6) is 0. The molecule has 1 aromatic carbocycles. The molecule has 7 heteroatoms. The number of benzene rings is 1. The van der Waals surface area contributed by atoms with Crippen LogP contribution in [0.3, 0.4) is 0 Å². The third kappa shape index (κ3) is 2.61. The predicted molar refractivity (Wildman–Crippen MR) is 46.2 cm³/mol. The maximum absolute atomic E-state index is 12.3. The molecule has 0 saturated carbocycles. The number of hydrogen-bond acceptors (Lipinski definition) is 0. The van der Waals surface area contributed by atoms with Gasteiger partial charge < -0.3 is 0 Å². The highest BCUT2D eigenvalue weighted by atomic mass is 35.5. The van der Waals surface area contributed by atoms with Crippen molar-refractivity contribution < 1.29 is 26.3 Å². The van der Waals surface area contributed by atoms with Gasteiger partial charge in [0.05, 0.1) is 16.1 Å². The van der Waals surface area contributed by atoms with Crippen LogP contribution in [0, 0.1) is 6.92 Å². The summed E-state index contributed by atoms with van der Waals surface area (Å²) in [6, 6.07) is 0.590. The third-order valence-corrected chi connectivity index (χ3v) is 2.39. The van der Waals surface area contributed by atoms with E-state index in [1.807, 2.05) is 0 Å². The summed E-state index contributed by atoms with van der Waals surface area (Å²) < 4.78 is 73.8. The largest absolute Gasteiger partial charge is 0.417 e. The van der Waals surface area contributed by atoms with E-state index in [4.69, 9.17) is 11.6 Å². The Morgan fingerprint density at radius 1 is 0.938 bits per heavy atom. The lowest BCUT2D eigenvalue weighted by molar-refractivity contribution is -0.143. The van der Waals surface area contributed by atoms with Gasteiger partial charge in [0.2, 0.25) is 0 Å². The van der Waals surface area contributed by atoms with Gasteiger partial charge in [-0.2, -0.15) is 26.3 Å². The molecule has 0 unspecified atom stereocenters. The van der Waals surface area contributed by atoms with E-state index in [1.165, 1.54) is 0 Å². The van der Waals surface area contributed by atoms with E-state index in [0.29, 0.717) is 6.07 Å². The number of alkyl halides is 6. The summed E-state index contributed by atoms with van der Waals surface area (Å²) in [6.45, 7) is 1.09. The number of halogens is 7. The van der Waals surface area contributed by atoms with Gasteiger partial charge in [-0.15, -0.1) is 0 Å². The van der Waals surface area contributed by atoms with E-state index >= 15 is 0 Å². The minimum absolute atomic E-state index is 0.00926. The molecule has 1 aromatic rings. The van der Waals surface area contributed by atoms with Crippen LogP contribution in [-0.2, 0) is 12.4 Å². The van der Waals surface area contributed by atoms with E-state index < -0.39 is 28.5 Å². The molecule has 16 heavy (non-hydrogen) atoms. The fraction of sp³-hybridized carbons (Fsp3) is 0.333. The fourth-order valence-electron chi connectivity index (χ4n) is 1.14. The highest BCUT2D eigenvalue weighted by molar-refractivity contribution is 6.32. The van der Waals surface area contributed by atoms with E-state index in [0.717, 1.165) is 6.92 Å². The van der Waals surface area contributed by atoms with E-state index in [9.17, 15) is 26.3 Å². The van der Waals surface area contributed by atoms with E-state index in [2.05, 4.69) is 0 Å². The zero-order chi connectivity index (χ0) is 12.7. The highest BCUT2D eigenvalue weighted by Gasteiger charge is 2.38. The van der Waals surface area contributed by atoms with Gasteiger partial charge in [0, 0.05) is 0 Å². The molecule has 0 heterocycles. The summed E-state index contributed by atoms with van der Waals surface area (Å²) in [4.78, 5) is 0. The van der Waals surface area contributed by atoms with Crippen molar-refractivity contribution in [3.63, 3.8) is 0 Å². The Labute approximate surface area is 91.8 Å². The number of rotatable bonds is 0. The van der Waals surface area contributed by atoms with Gasteiger partial charge in [0.25, 0.3) is 0 Å². The van der Waals surface area contributed by atoms with Crippen LogP contribution in [0.1, 0.15) is 16.7 Å². The normalized spacial score (nSPS) is 13.0. The van der Waals surface area contributed by atoms with Gasteiger partial charge in [-0.1, -0.05) is 11.6 Å². The van der Waals surface area contributed by atoms with Crippen molar-refractivity contribution in [1.82, 2.24) is 0 Å². The van der Waals surface area contributed by atoms with Crippen LogP contribution >= 0.6 is 11.6 Å². The molecule has 0 bridgehead atoms. The van der Waals surface area contributed by atoms with Crippen LogP contribution in [0.5, 0.6) is 0 Å². The van der Waals surface area contributed by atoms with Crippen molar-refractivity contribution in [2.45, 2.75) is 19.3 Å². The van der Waals surface area contributed by atoms with Crippen molar-refractivity contribution in [3.8, 4) is 0 Å². The Kier molecular flexibility index (Phi) is 3.15. The van der Waals surface area contributed by atoms with Crippen molar-refractivity contribution in [2.24, 2.45) is 0 Å². The lowest BCUT2D eigenvalue weighted by atomic mass is 10.1. The summed E-state index contributed by atoms with van der Waals surface area (Å²) in [5.41, 5.74) is -3.09. The molecule has 0 aliphatic rings. The molecule has 0 nitrogen and oxygen atoms in total. The summed E-state index contributed by atoms with van der Waals surface area (Å²) in [6.07, 6.45) is -9.72. The number of aryl methyl sites for hydroxylation is 1. The van der Waals surface area contributed by atoms with Gasteiger partial charge in [0.1, 0.15) is 0 Å². The lowest BCUT2D eigenvalue weighted by Gasteiger charge is -2.14. The minimum Gasteiger partial charge on any atom is -0.166 e. The Morgan fingerprint density at radius 3 is 1.81 bits per heavy atom. The predicted octanol–water partition coefficient (Wildman–Crippen LogP) is 4.69. The molecule has 0 N–H and O–H groups in total. The molecule has 0 fully saturated rings. The van der Waals surface area contributed by atoms with Gasteiger partial charge in [0.15, 0.2) is 0 Å². The van der Waals surface area contributed by atoms with Crippen LogP contribution in [-0.4, -0.2) is 0 Å². The van der Waals surface area contributed by atoms with Crippen LogP contribution in [0.2, 0.25) is 5.02 Å². The molecule has 0 aliphatic carbocycles. The topological polar surface area (TPSA) is 0 Å². The Bertz CT molecular complexity index is 404. The van der Waals surface area contributed by atoms with Gasteiger partial charge in [-0.3, -0.25) is 0 Å². The van der Waals surface area contributed by atoms with Gasteiger partial charge >= 0.3 is 12.4 Å². The van der Waals surface area contributed by atoms with Crippen LogP contribution in [0.15, 0.2) is 12.1 Å². The second-order valence-electron chi connectivity index (χ2n) is 3.15. The first-order chi connectivity index (χ1) is 7.03. The average molecular weight is 263 g/mol. The fourth-order valence-corrected chi connectivity index (χ4v) is 1.36. The zero-order valence-electron chi connectivity index (χ0n) is 7.80. The van der Waals surface area contributed by atoms with E-state index in [1.54, 1.807) is 0 Å². The summed E-state index contributed by atoms with van der Waals surface area (Å²) >= 11 is 5.31. The van der Waals surface area contributed by atoms with Gasteiger partial charge in [-0.25, -0.2) is 0 Å². The molecule has 0 atom stereocenters. The third-order valence-electron chi connectivity index (χ3n) is 1.89. The molecule has 1 rings (SSSR count). The van der Waals surface area contributed by atoms with Crippen molar-refractivity contribution in [1.29, 1.82) is 0 Å². The van der Waals surface area contributed by atoms with Crippen molar-refractivity contribution >= 4 is 11.6 Å². The second kappa shape index (κ2) is 3.84. The van der Waals surface area contributed by atoms with Gasteiger partial charge in [-0.05, 0) is 24.6 Å². The SMILES string of the molecule is Cc1cc(C(F)(F)F)cc(C(F)(F)F)c1Cl. The molecule has 0 amide bonds. The average Bonchev–Trinajstić information content (AvgIpc) is 2.05. The van der Waals surface area contributed by atoms with E-state index in [-0.39, 0.29) is 11.6 Å². The molecular weight excluding hydrogens is 258 g/mol. The Balaban J connectivity index is 3.46. The summed E-state index contributed by atoms with van der Waals surface area (Å²) in [5, 5.41) is -0.708. The number of hydrogen-bond donors (Lipinski definition) is 0. The Hall–Kier alpha value is -0.910. The molecule has 0 aliphatic heterocycles. The molecule has 0 radical (unpaired) electrons. The minimum atomic E-state index is -4.90. The first kappa shape index (κ1) is 13.2. The second-order valence-corrected chi connectivity index (χ2v) is 3.53. The quantitative estimate of drug-likeness (QED) is 0.595. The van der Waals surface area contributed by atoms with Crippen LogP contribution in [0.25, 0.3) is 0 Å². The first-order valence-electron chi connectivity index (χ1n) is 3.98. The monoisotopic (exact) mass is 262 g/mol. The Morgan fingerprint density at radius 2 is 1.44 bits per heavy atom. The van der Waals surface area contributed by atoms with Crippen LogP contribution in [0.4, 0.5) is 26.3 Å².